The van der Waals surface area contributed by atoms with Crippen molar-refractivity contribution >= 4 is 11.3 Å². The zero-order valence-electron chi connectivity index (χ0n) is 9.34. The summed E-state index contributed by atoms with van der Waals surface area (Å²) >= 11 is 1.85. The zero-order chi connectivity index (χ0) is 10.2. The summed E-state index contributed by atoms with van der Waals surface area (Å²) < 4.78 is 0. The molecule has 1 aliphatic carbocycles. The van der Waals surface area contributed by atoms with E-state index in [-0.39, 0.29) is 0 Å². The molecule has 0 bridgehead atoms. The number of aromatic nitrogens is 1. The van der Waals surface area contributed by atoms with Crippen molar-refractivity contribution in [1.29, 1.82) is 0 Å². The Labute approximate surface area is 90.6 Å². The minimum atomic E-state index is 0.383. The molecular formula is C12H19NS. The lowest BCUT2D eigenvalue weighted by molar-refractivity contribution is 0.247. The van der Waals surface area contributed by atoms with Crippen LogP contribution in [0.1, 0.15) is 50.6 Å². The van der Waals surface area contributed by atoms with E-state index in [1.807, 2.05) is 16.8 Å². The highest BCUT2D eigenvalue weighted by molar-refractivity contribution is 7.09. The van der Waals surface area contributed by atoms with Crippen molar-refractivity contribution in [2.24, 2.45) is 5.92 Å². The van der Waals surface area contributed by atoms with Gasteiger partial charge in [-0.25, -0.2) is 4.98 Å². The van der Waals surface area contributed by atoms with Gasteiger partial charge in [0.25, 0.3) is 0 Å². The summed E-state index contributed by atoms with van der Waals surface area (Å²) in [7, 11) is 0. The second-order valence-electron chi connectivity index (χ2n) is 4.64. The highest BCUT2D eigenvalue weighted by Crippen LogP contribution is 2.45. The summed E-state index contributed by atoms with van der Waals surface area (Å²) in [5.74, 6) is 0.716. The van der Waals surface area contributed by atoms with E-state index in [4.69, 9.17) is 0 Å². The second kappa shape index (κ2) is 3.65. The Balaban J connectivity index is 2.47. The summed E-state index contributed by atoms with van der Waals surface area (Å²) in [5.41, 5.74) is 3.84. The second-order valence-corrected chi connectivity index (χ2v) is 5.58. The van der Waals surface area contributed by atoms with E-state index in [0.717, 1.165) is 0 Å². The fraction of sp³-hybridized carbons (Fsp3) is 0.750. The molecule has 1 aromatic rings. The number of hydrogen-bond acceptors (Lipinski definition) is 2. The molecule has 1 heterocycles. The lowest BCUT2D eigenvalue weighted by atomic mass is 9.66. The molecule has 0 saturated heterocycles. The van der Waals surface area contributed by atoms with Crippen LogP contribution in [0.2, 0.25) is 0 Å². The molecule has 0 saturated carbocycles. The number of nitrogens with zero attached hydrogens (tertiary/aromatic N) is 1. The Hall–Kier alpha value is -0.370. The molecule has 78 valence electrons. The lowest BCUT2D eigenvalue weighted by Crippen LogP contribution is -2.35. The van der Waals surface area contributed by atoms with Crippen LogP contribution in [0.5, 0.6) is 0 Å². The SMILES string of the molecule is CCC1(C(C)C)CCCc2scnc21. The lowest BCUT2D eigenvalue weighted by Gasteiger charge is -2.39. The predicted molar refractivity (Wildman–Crippen MR) is 61.9 cm³/mol. The minimum Gasteiger partial charge on any atom is -0.249 e. The largest absolute Gasteiger partial charge is 0.249 e. The van der Waals surface area contributed by atoms with Crippen molar-refractivity contribution in [2.75, 3.05) is 0 Å². The van der Waals surface area contributed by atoms with Crippen molar-refractivity contribution in [3.8, 4) is 0 Å². The molecule has 1 unspecified atom stereocenters. The number of thiazole rings is 1. The molecular weight excluding hydrogens is 190 g/mol. The number of rotatable bonds is 2. The summed E-state index contributed by atoms with van der Waals surface area (Å²) in [5, 5.41) is 0. The van der Waals surface area contributed by atoms with Crippen molar-refractivity contribution in [3.63, 3.8) is 0 Å². The van der Waals surface area contributed by atoms with Crippen LogP contribution < -0.4 is 0 Å². The van der Waals surface area contributed by atoms with Crippen LogP contribution >= 0.6 is 11.3 Å². The summed E-state index contributed by atoms with van der Waals surface area (Å²) in [6.07, 6.45) is 5.18. The third-order valence-corrected chi connectivity index (χ3v) is 4.77. The van der Waals surface area contributed by atoms with E-state index in [1.54, 1.807) is 4.88 Å². The Morgan fingerprint density at radius 3 is 3.00 bits per heavy atom. The normalized spacial score (nSPS) is 26.6. The molecule has 2 rings (SSSR count). The van der Waals surface area contributed by atoms with Gasteiger partial charge < -0.3 is 0 Å². The van der Waals surface area contributed by atoms with Gasteiger partial charge in [-0.2, -0.15) is 0 Å². The van der Waals surface area contributed by atoms with Crippen LogP contribution in [0.15, 0.2) is 5.51 Å². The molecule has 0 aromatic carbocycles. The van der Waals surface area contributed by atoms with Gasteiger partial charge in [0.1, 0.15) is 0 Å². The van der Waals surface area contributed by atoms with Gasteiger partial charge in [-0.15, -0.1) is 11.3 Å². The van der Waals surface area contributed by atoms with Crippen LogP contribution in [0.25, 0.3) is 0 Å². The predicted octanol–water partition coefficient (Wildman–Crippen LogP) is 3.78. The Morgan fingerprint density at radius 2 is 2.36 bits per heavy atom. The third-order valence-electron chi connectivity index (χ3n) is 3.88. The maximum absolute atomic E-state index is 4.62. The number of hydrogen-bond donors (Lipinski definition) is 0. The first-order chi connectivity index (χ1) is 6.70. The number of fused-ring (bicyclic) bond motifs is 1. The molecule has 2 heteroatoms. The topological polar surface area (TPSA) is 12.9 Å². The Bertz CT molecular complexity index is 316. The van der Waals surface area contributed by atoms with Crippen LogP contribution in [0.4, 0.5) is 0 Å². The summed E-state index contributed by atoms with van der Waals surface area (Å²) in [6.45, 7) is 7.00. The van der Waals surface area contributed by atoms with Gasteiger partial charge in [0, 0.05) is 10.3 Å². The van der Waals surface area contributed by atoms with Gasteiger partial charge in [0.05, 0.1) is 11.2 Å². The van der Waals surface area contributed by atoms with Crippen molar-refractivity contribution in [3.05, 3.63) is 16.1 Å². The first kappa shape index (κ1) is 10.2. The van der Waals surface area contributed by atoms with E-state index in [0.29, 0.717) is 11.3 Å². The standard InChI is InChI=1S/C12H19NS/c1-4-12(9(2)3)7-5-6-10-11(12)13-8-14-10/h8-9H,4-7H2,1-3H3. The molecule has 0 fully saturated rings. The van der Waals surface area contributed by atoms with Crippen molar-refractivity contribution in [1.82, 2.24) is 4.98 Å². The van der Waals surface area contributed by atoms with E-state index < -0.39 is 0 Å². The molecule has 0 aliphatic heterocycles. The van der Waals surface area contributed by atoms with Crippen LogP contribution in [0, 0.1) is 5.92 Å². The molecule has 1 nitrogen and oxygen atoms in total. The fourth-order valence-corrected chi connectivity index (χ4v) is 3.77. The van der Waals surface area contributed by atoms with Crippen molar-refractivity contribution in [2.45, 2.75) is 51.9 Å². The maximum Gasteiger partial charge on any atom is 0.0797 e. The quantitative estimate of drug-likeness (QED) is 0.722. The summed E-state index contributed by atoms with van der Waals surface area (Å²) in [6, 6.07) is 0. The molecule has 0 amide bonds. The van der Waals surface area contributed by atoms with Crippen LogP contribution in [-0.4, -0.2) is 4.98 Å². The average molecular weight is 209 g/mol. The Morgan fingerprint density at radius 1 is 1.57 bits per heavy atom. The van der Waals surface area contributed by atoms with Gasteiger partial charge in [0.15, 0.2) is 0 Å². The first-order valence-electron chi connectivity index (χ1n) is 5.63. The van der Waals surface area contributed by atoms with Crippen molar-refractivity contribution < 1.29 is 0 Å². The monoisotopic (exact) mass is 209 g/mol. The molecule has 1 aromatic heterocycles. The zero-order valence-corrected chi connectivity index (χ0v) is 10.2. The average Bonchev–Trinajstić information content (AvgIpc) is 2.64. The molecule has 1 aliphatic rings. The first-order valence-corrected chi connectivity index (χ1v) is 6.51. The van der Waals surface area contributed by atoms with E-state index in [9.17, 15) is 0 Å². The highest BCUT2D eigenvalue weighted by atomic mass is 32.1. The maximum atomic E-state index is 4.62. The molecule has 0 N–H and O–H groups in total. The van der Waals surface area contributed by atoms with Gasteiger partial charge in [-0.1, -0.05) is 20.8 Å². The van der Waals surface area contributed by atoms with Gasteiger partial charge in [-0.05, 0) is 31.6 Å². The van der Waals surface area contributed by atoms with Gasteiger partial charge >= 0.3 is 0 Å². The molecule has 0 radical (unpaired) electrons. The van der Waals surface area contributed by atoms with E-state index in [2.05, 4.69) is 25.8 Å². The van der Waals surface area contributed by atoms with E-state index in [1.165, 1.54) is 31.4 Å². The molecule has 14 heavy (non-hydrogen) atoms. The van der Waals surface area contributed by atoms with Gasteiger partial charge in [0.2, 0.25) is 0 Å². The fourth-order valence-electron chi connectivity index (χ4n) is 2.85. The number of aryl methyl sites for hydroxylation is 1. The molecule has 1 atom stereocenters. The van der Waals surface area contributed by atoms with Gasteiger partial charge in [-0.3, -0.25) is 0 Å². The highest BCUT2D eigenvalue weighted by Gasteiger charge is 2.39. The smallest absolute Gasteiger partial charge is 0.0797 e. The Kier molecular flexibility index (Phi) is 2.65. The third kappa shape index (κ3) is 1.31. The molecule has 0 spiro atoms. The minimum absolute atomic E-state index is 0.383. The van der Waals surface area contributed by atoms with Crippen LogP contribution in [0.3, 0.4) is 0 Å². The van der Waals surface area contributed by atoms with Crippen LogP contribution in [-0.2, 0) is 11.8 Å². The van der Waals surface area contributed by atoms with E-state index >= 15 is 0 Å². The summed E-state index contributed by atoms with van der Waals surface area (Å²) in [4.78, 5) is 6.17.